The summed E-state index contributed by atoms with van der Waals surface area (Å²) in [6.45, 7) is 5.34. The van der Waals surface area contributed by atoms with Gasteiger partial charge in [-0.15, -0.1) is 0 Å². The second kappa shape index (κ2) is 3.61. The molecule has 1 aromatic rings. The second-order valence-electron chi connectivity index (χ2n) is 4.12. The van der Waals surface area contributed by atoms with E-state index in [0.29, 0.717) is 23.7 Å². The summed E-state index contributed by atoms with van der Waals surface area (Å²) in [7, 11) is 0. The number of aromatic nitrogens is 1. The molecule has 0 saturated carbocycles. The lowest BCUT2D eigenvalue weighted by atomic mass is 10.1. The molecule has 4 nitrogen and oxygen atoms in total. The Balaban J connectivity index is 2.14. The van der Waals surface area contributed by atoms with Crippen molar-refractivity contribution in [2.24, 2.45) is 5.92 Å². The molecule has 0 aliphatic carbocycles. The lowest BCUT2D eigenvalue weighted by Crippen LogP contribution is -2.26. The van der Waals surface area contributed by atoms with Gasteiger partial charge in [-0.25, -0.2) is 0 Å². The van der Waals surface area contributed by atoms with Crippen LogP contribution in [0.4, 0.5) is 6.01 Å². The molecule has 2 unspecified atom stereocenters. The summed E-state index contributed by atoms with van der Waals surface area (Å²) >= 11 is 0. The van der Waals surface area contributed by atoms with Crippen LogP contribution in [-0.4, -0.2) is 22.7 Å². The van der Waals surface area contributed by atoms with Crippen LogP contribution in [0.2, 0.25) is 0 Å². The topological polar surface area (TPSA) is 49.5 Å². The van der Waals surface area contributed by atoms with Crippen molar-refractivity contribution in [1.82, 2.24) is 4.98 Å². The molecule has 14 heavy (non-hydrogen) atoms. The molecule has 0 bridgehead atoms. The van der Waals surface area contributed by atoms with Crippen molar-refractivity contribution in [2.45, 2.75) is 32.9 Å². The van der Waals surface area contributed by atoms with Crippen LogP contribution in [0.1, 0.15) is 26.0 Å². The van der Waals surface area contributed by atoms with E-state index in [2.05, 4.69) is 23.7 Å². The predicted octanol–water partition coefficient (Wildman–Crippen LogP) is 1.40. The average molecular weight is 196 g/mol. The highest BCUT2D eigenvalue weighted by atomic mass is 16.4. The van der Waals surface area contributed by atoms with Gasteiger partial charge in [0.1, 0.15) is 12.0 Å². The van der Waals surface area contributed by atoms with Gasteiger partial charge in [0.05, 0.1) is 6.61 Å². The van der Waals surface area contributed by atoms with Crippen molar-refractivity contribution in [3.63, 3.8) is 0 Å². The zero-order chi connectivity index (χ0) is 10.1. The Morgan fingerprint density at radius 1 is 1.64 bits per heavy atom. The number of nitrogens with zero attached hydrogens (tertiary/aromatic N) is 2. The summed E-state index contributed by atoms with van der Waals surface area (Å²) < 4.78 is 5.31. The largest absolute Gasteiger partial charge is 0.432 e. The third-order valence-corrected chi connectivity index (χ3v) is 2.73. The van der Waals surface area contributed by atoms with E-state index in [1.54, 1.807) is 0 Å². The Morgan fingerprint density at radius 2 is 2.43 bits per heavy atom. The first kappa shape index (κ1) is 9.52. The van der Waals surface area contributed by atoms with Crippen molar-refractivity contribution < 1.29 is 9.52 Å². The maximum Gasteiger partial charge on any atom is 0.297 e. The molecule has 2 heterocycles. The molecule has 0 aromatic carbocycles. The minimum Gasteiger partial charge on any atom is -0.432 e. The molecule has 0 radical (unpaired) electrons. The number of aliphatic hydroxyl groups is 1. The molecular weight excluding hydrogens is 180 g/mol. The van der Waals surface area contributed by atoms with Gasteiger partial charge in [-0.05, 0) is 19.3 Å². The summed E-state index contributed by atoms with van der Waals surface area (Å²) in [6, 6.07) is 1.13. The number of hydrogen-bond acceptors (Lipinski definition) is 4. The van der Waals surface area contributed by atoms with E-state index in [0.717, 1.165) is 6.54 Å². The first-order valence-corrected chi connectivity index (χ1v) is 5.02. The molecule has 2 atom stereocenters. The van der Waals surface area contributed by atoms with E-state index >= 15 is 0 Å². The van der Waals surface area contributed by atoms with Gasteiger partial charge < -0.3 is 14.4 Å². The standard InChI is InChI=1S/C10H16N2O2/c1-7-3-8(2)12(4-7)10-11-9(5-13)6-14-10/h6-8,13H,3-5H2,1-2H3. The van der Waals surface area contributed by atoms with Gasteiger partial charge in [-0.1, -0.05) is 6.92 Å². The Bertz CT molecular complexity index is 311. The highest BCUT2D eigenvalue weighted by Gasteiger charge is 2.29. The fourth-order valence-corrected chi connectivity index (χ4v) is 2.07. The van der Waals surface area contributed by atoms with Crippen LogP contribution in [0.3, 0.4) is 0 Å². The van der Waals surface area contributed by atoms with Crippen LogP contribution < -0.4 is 4.90 Å². The van der Waals surface area contributed by atoms with Crippen molar-refractivity contribution in [3.8, 4) is 0 Å². The Morgan fingerprint density at radius 3 is 2.93 bits per heavy atom. The minimum atomic E-state index is -0.0543. The summed E-state index contributed by atoms with van der Waals surface area (Å²) in [4.78, 5) is 6.36. The van der Waals surface area contributed by atoms with Crippen molar-refractivity contribution in [1.29, 1.82) is 0 Å². The van der Waals surface area contributed by atoms with Crippen LogP contribution in [0, 0.1) is 5.92 Å². The molecule has 1 aliphatic rings. The molecule has 1 aromatic heterocycles. The molecule has 78 valence electrons. The van der Waals surface area contributed by atoms with E-state index < -0.39 is 0 Å². The first-order chi connectivity index (χ1) is 6.70. The van der Waals surface area contributed by atoms with Gasteiger partial charge in [-0.2, -0.15) is 4.98 Å². The normalized spacial score (nSPS) is 27.2. The highest BCUT2D eigenvalue weighted by Crippen LogP contribution is 2.27. The van der Waals surface area contributed by atoms with Gasteiger partial charge in [0.2, 0.25) is 0 Å². The third-order valence-electron chi connectivity index (χ3n) is 2.73. The van der Waals surface area contributed by atoms with Gasteiger partial charge in [0.25, 0.3) is 6.01 Å². The molecule has 1 aliphatic heterocycles. The van der Waals surface area contributed by atoms with E-state index in [1.807, 2.05) is 0 Å². The number of rotatable bonds is 2. The summed E-state index contributed by atoms with van der Waals surface area (Å²) in [5.74, 6) is 0.689. The molecule has 4 heteroatoms. The third kappa shape index (κ3) is 1.62. The molecule has 1 N–H and O–H groups in total. The number of hydrogen-bond donors (Lipinski definition) is 1. The Labute approximate surface area is 83.5 Å². The van der Waals surface area contributed by atoms with Crippen LogP contribution in [0.15, 0.2) is 10.7 Å². The van der Waals surface area contributed by atoms with E-state index in [1.165, 1.54) is 12.7 Å². The number of oxazole rings is 1. The van der Waals surface area contributed by atoms with E-state index in [9.17, 15) is 0 Å². The maximum absolute atomic E-state index is 8.87. The summed E-state index contributed by atoms with van der Waals surface area (Å²) in [5.41, 5.74) is 0.603. The Kier molecular flexibility index (Phi) is 2.46. The van der Waals surface area contributed by atoms with E-state index in [4.69, 9.17) is 9.52 Å². The van der Waals surface area contributed by atoms with Crippen molar-refractivity contribution in [3.05, 3.63) is 12.0 Å². The molecule has 2 rings (SSSR count). The zero-order valence-electron chi connectivity index (χ0n) is 8.60. The average Bonchev–Trinajstić information content (AvgIpc) is 2.71. The number of aliphatic hydroxyl groups excluding tert-OH is 1. The van der Waals surface area contributed by atoms with Crippen molar-refractivity contribution >= 4 is 6.01 Å². The van der Waals surface area contributed by atoms with Gasteiger partial charge >= 0.3 is 0 Å². The van der Waals surface area contributed by atoms with Crippen LogP contribution in [0.25, 0.3) is 0 Å². The SMILES string of the molecule is CC1CC(C)N(c2nc(CO)co2)C1. The first-order valence-electron chi connectivity index (χ1n) is 5.02. The van der Waals surface area contributed by atoms with Crippen molar-refractivity contribution in [2.75, 3.05) is 11.4 Å². The maximum atomic E-state index is 8.87. The Hall–Kier alpha value is -1.03. The van der Waals surface area contributed by atoms with Gasteiger partial charge in [-0.3, -0.25) is 0 Å². The lowest BCUT2D eigenvalue weighted by molar-refractivity contribution is 0.276. The molecule has 1 fully saturated rings. The van der Waals surface area contributed by atoms with Gasteiger partial charge in [0, 0.05) is 12.6 Å². The summed E-state index contributed by atoms with van der Waals surface area (Å²) in [6.07, 6.45) is 2.70. The fraction of sp³-hybridized carbons (Fsp3) is 0.700. The predicted molar refractivity (Wildman–Crippen MR) is 53.0 cm³/mol. The smallest absolute Gasteiger partial charge is 0.297 e. The molecule has 0 spiro atoms. The van der Waals surface area contributed by atoms with Crippen LogP contribution in [0.5, 0.6) is 0 Å². The van der Waals surface area contributed by atoms with Crippen LogP contribution >= 0.6 is 0 Å². The van der Waals surface area contributed by atoms with Gasteiger partial charge in [0.15, 0.2) is 0 Å². The lowest BCUT2D eigenvalue weighted by Gasteiger charge is -2.18. The molecule has 1 saturated heterocycles. The highest BCUT2D eigenvalue weighted by molar-refractivity contribution is 5.30. The fourth-order valence-electron chi connectivity index (χ4n) is 2.07. The molecular formula is C10H16N2O2. The zero-order valence-corrected chi connectivity index (χ0v) is 8.60. The quantitative estimate of drug-likeness (QED) is 0.776. The monoisotopic (exact) mass is 196 g/mol. The van der Waals surface area contributed by atoms with Crippen LogP contribution in [-0.2, 0) is 6.61 Å². The van der Waals surface area contributed by atoms with E-state index in [-0.39, 0.29) is 6.61 Å². The molecule has 0 amide bonds. The minimum absolute atomic E-state index is 0.0543. The summed E-state index contributed by atoms with van der Waals surface area (Å²) in [5, 5.41) is 8.87. The second-order valence-corrected chi connectivity index (χ2v) is 4.12. The number of anilines is 1.